The molecule has 17 heavy (non-hydrogen) atoms. The van der Waals surface area contributed by atoms with Crippen LogP contribution >= 0.6 is 11.3 Å². The minimum Gasteiger partial charge on any atom is -0.444 e. The van der Waals surface area contributed by atoms with Crippen molar-refractivity contribution in [2.45, 2.75) is 39.8 Å². The molecule has 2 heterocycles. The smallest absolute Gasteiger partial charge is 0.208 e. The van der Waals surface area contributed by atoms with Crippen molar-refractivity contribution in [1.82, 2.24) is 10.3 Å². The molecule has 0 aliphatic carbocycles. The third-order valence-corrected chi connectivity index (χ3v) is 3.66. The first-order valence-electron chi connectivity index (χ1n) is 5.84. The molecule has 2 rings (SSSR count). The zero-order valence-corrected chi connectivity index (χ0v) is 11.3. The number of thiophene rings is 1. The van der Waals surface area contributed by atoms with Gasteiger partial charge in [0.1, 0.15) is 5.76 Å². The van der Waals surface area contributed by atoms with E-state index in [1.54, 1.807) is 11.3 Å². The zero-order chi connectivity index (χ0) is 12.3. The molecule has 0 amide bonds. The van der Waals surface area contributed by atoms with E-state index < -0.39 is 0 Å². The van der Waals surface area contributed by atoms with Gasteiger partial charge in [0, 0.05) is 10.9 Å². The number of nitrogens with zero attached hydrogens (tertiary/aromatic N) is 1. The first kappa shape index (κ1) is 12.3. The van der Waals surface area contributed by atoms with Crippen molar-refractivity contribution in [3.63, 3.8) is 0 Å². The van der Waals surface area contributed by atoms with Crippen LogP contribution in [0.3, 0.4) is 0 Å². The second-order valence-corrected chi connectivity index (χ2v) is 5.35. The maximum absolute atomic E-state index is 5.53. The highest BCUT2D eigenvalue weighted by Crippen LogP contribution is 2.12. The molecule has 0 radical (unpaired) electrons. The van der Waals surface area contributed by atoms with Crippen molar-refractivity contribution >= 4 is 11.3 Å². The van der Waals surface area contributed by atoms with E-state index in [4.69, 9.17) is 4.42 Å². The predicted octanol–water partition coefficient (Wildman–Crippen LogP) is 3.07. The number of aromatic nitrogens is 1. The van der Waals surface area contributed by atoms with Crippen molar-refractivity contribution in [3.05, 3.63) is 39.7 Å². The molecule has 0 fully saturated rings. The molecule has 2 aromatic heterocycles. The largest absolute Gasteiger partial charge is 0.444 e. The molecule has 0 aliphatic heterocycles. The van der Waals surface area contributed by atoms with Crippen molar-refractivity contribution in [2.24, 2.45) is 0 Å². The van der Waals surface area contributed by atoms with Crippen LogP contribution in [0.15, 0.2) is 21.9 Å². The molecule has 1 N–H and O–H groups in total. The summed E-state index contributed by atoms with van der Waals surface area (Å²) in [5, 5.41) is 5.54. The minimum absolute atomic E-state index is 0.432. The fraction of sp³-hybridized carbons (Fsp3) is 0.462. The summed E-state index contributed by atoms with van der Waals surface area (Å²) in [5.41, 5.74) is 0.979. The molecule has 92 valence electrons. The molecular weight excluding hydrogens is 232 g/mol. The van der Waals surface area contributed by atoms with Crippen molar-refractivity contribution < 1.29 is 4.42 Å². The first-order valence-corrected chi connectivity index (χ1v) is 6.72. The van der Waals surface area contributed by atoms with E-state index in [2.05, 4.69) is 34.7 Å². The summed E-state index contributed by atoms with van der Waals surface area (Å²) in [6.07, 6.45) is 1.05. The topological polar surface area (TPSA) is 38.1 Å². The van der Waals surface area contributed by atoms with E-state index >= 15 is 0 Å². The van der Waals surface area contributed by atoms with Crippen molar-refractivity contribution in [3.8, 4) is 0 Å². The van der Waals surface area contributed by atoms with Gasteiger partial charge in [0.25, 0.3) is 0 Å². The van der Waals surface area contributed by atoms with Crippen LogP contribution in [0.25, 0.3) is 0 Å². The lowest BCUT2D eigenvalue weighted by Crippen LogP contribution is -2.27. The first-order chi connectivity index (χ1) is 8.15. The number of rotatable bonds is 5. The average Bonchev–Trinajstić information content (AvgIpc) is 2.87. The highest BCUT2D eigenvalue weighted by Gasteiger charge is 2.08. The monoisotopic (exact) mass is 250 g/mol. The number of hydrogen-bond acceptors (Lipinski definition) is 4. The third-order valence-electron chi connectivity index (χ3n) is 2.76. The van der Waals surface area contributed by atoms with Crippen LogP contribution < -0.4 is 5.32 Å². The number of nitrogens with one attached hydrogen (secondary N) is 1. The molecule has 0 saturated carbocycles. The molecular formula is C13H18N2OS. The van der Waals surface area contributed by atoms with Gasteiger partial charge >= 0.3 is 0 Å². The second-order valence-electron chi connectivity index (χ2n) is 4.31. The average molecular weight is 250 g/mol. The van der Waals surface area contributed by atoms with E-state index in [9.17, 15) is 0 Å². The van der Waals surface area contributed by atoms with Gasteiger partial charge in [-0.1, -0.05) is 6.07 Å². The number of hydrogen-bond donors (Lipinski definition) is 1. The van der Waals surface area contributed by atoms with E-state index in [0.29, 0.717) is 12.6 Å². The van der Waals surface area contributed by atoms with E-state index in [1.165, 1.54) is 4.88 Å². The Morgan fingerprint density at radius 3 is 2.88 bits per heavy atom. The maximum atomic E-state index is 5.53. The third kappa shape index (κ3) is 3.41. The lowest BCUT2D eigenvalue weighted by molar-refractivity contribution is 0.428. The predicted molar refractivity (Wildman–Crippen MR) is 70.3 cm³/mol. The highest BCUT2D eigenvalue weighted by atomic mass is 32.1. The van der Waals surface area contributed by atoms with Crippen LogP contribution in [0.5, 0.6) is 0 Å². The normalized spacial score (nSPS) is 12.9. The van der Waals surface area contributed by atoms with Crippen molar-refractivity contribution in [1.29, 1.82) is 0 Å². The van der Waals surface area contributed by atoms with Gasteiger partial charge in [-0.15, -0.1) is 11.3 Å². The molecule has 0 spiro atoms. The maximum Gasteiger partial charge on any atom is 0.208 e. The summed E-state index contributed by atoms with van der Waals surface area (Å²) in [7, 11) is 0. The van der Waals surface area contributed by atoms with E-state index in [0.717, 1.165) is 23.8 Å². The summed E-state index contributed by atoms with van der Waals surface area (Å²) < 4.78 is 5.53. The minimum atomic E-state index is 0.432. The molecule has 0 aromatic carbocycles. The molecule has 1 unspecified atom stereocenters. The van der Waals surface area contributed by atoms with E-state index in [1.807, 2.05) is 13.8 Å². The van der Waals surface area contributed by atoms with Gasteiger partial charge in [0.05, 0.1) is 12.2 Å². The van der Waals surface area contributed by atoms with Gasteiger partial charge in [-0.3, -0.25) is 0 Å². The van der Waals surface area contributed by atoms with Gasteiger partial charge in [0.2, 0.25) is 5.89 Å². The molecule has 2 aromatic rings. The summed E-state index contributed by atoms with van der Waals surface area (Å²) in [6, 6.07) is 4.69. The van der Waals surface area contributed by atoms with Gasteiger partial charge in [-0.2, -0.15) is 0 Å². The van der Waals surface area contributed by atoms with Gasteiger partial charge in [0.15, 0.2) is 0 Å². The number of oxazole rings is 1. The van der Waals surface area contributed by atoms with Crippen LogP contribution in [0.1, 0.15) is 29.1 Å². The highest BCUT2D eigenvalue weighted by molar-refractivity contribution is 7.09. The Labute approximate surface area is 106 Å². The second kappa shape index (κ2) is 5.47. The Balaban J connectivity index is 1.81. The Bertz CT molecular complexity index is 442. The fourth-order valence-electron chi connectivity index (χ4n) is 1.68. The Kier molecular flexibility index (Phi) is 3.97. The van der Waals surface area contributed by atoms with Crippen LogP contribution in [0, 0.1) is 13.8 Å². The van der Waals surface area contributed by atoms with Crippen LogP contribution in [0.4, 0.5) is 0 Å². The summed E-state index contributed by atoms with van der Waals surface area (Å²) in [5.74, 6) is 1.69. The van der Waals surface area contributed by atoms with Crippen LogP contribution in [0.2, 0.25) is 0 Å². The lowest BCUT2D eigenvalue weighted by atomic mass is 10.2. The van der Waals surface area contributed by atoms with Crippen LogP contribution in [-0.4, -0.2) is 11.0 Å². The fourth-order valence-corrected chi connectivity index (χ4v) is 2.51. The van der Waals surface area contributed by atoms with Gasteiger partial charge < -0.3 is 9.73 Å². The molecule has 3 nitrogen and oxygen atoms in total. The summed E-state index contributed by atoms with van der Waals surface area (Å²) >= 11 is 1.80. The zero-order valence-electron chi connectivity index (χ0n) is 10.5. The Morgan fingerprint density at radius 1 is 1.47 bits per heavy atom. The molecule has 1 atom stereocenters. The van der Waals surface area contributed by atoms with E-state index in [-0.39, 0.29) is 0 Å². The molecule has 0 saturated heterocycles. The SMILES string of the molecule is Cc1nc(CNC(C)Cc2cccs2)oc1C. The van der Waals surface area contributed by atoms with Crippen LogP contribution in [-0.2, 0) is 13.0 Å². The standard InChI is InChI=1S/C13H18N2OS/c1-9(7-12-5-4-6-17-12)14-8-13-15-10(2)11(3)16-13/h4-6,9,14H,7-8H2,1-3H3. The Hall–Kier alpha value is -1.13. The molecule has 0 bridgehead atoms. The quantitative estimate of drug-likeness (QED) is 0.886. The molecule has 4 heteroatoms. The van der Waals surface area contributed by atoms with Gasteiger partial charge in [-0.25, -0.2) is 4.98 Å². The van der Waals surface area contributed by atoms with Gasteiger partial charge in [-0.05, 0) is 38.6 Å². The van der Waals surface area contributed by atoms with Crippen molar-refractivity contribution in [2.75, 3.05) is 0 Å². The summed E-state index contributed by atoms with van der Waals surface area (Å²) in [6.45, 7) is 6.79. The summed E-state index contributed by atoms with van der Waals surface area (Å²) in [4.78, 5) is 5.76. The number of aryl methyl sites for hydroxylation is 2. The lowest BCUT2D eigenvalue weighted by Gasteiger charge is -2.10. The Morgan fingerprint density at radius 2 is 2.29 bits per heavy atom. The molecule has 0 aliphatic rings.